The fraction of sp³-hybridized carbons (Fsp3) is 0.800. The Labute approximate surface area is 378 Å². The molecule has 6 heteroatoms. The predicted octanol–water partition coefficient (Wildman–Crippen LogP) is 17.1. The van der Waals surface area contributed by atoms with Gasteiger partial charge >= 0.3 is 17.9 Å². The molecule has 0 amide bonds. The van der Waals surface area contributed by atoms with Gasteiger partial charge in [0.25, 0.3) is 0 Å². The summed E-state index contributed by atoms with van der Waals surface area (Å²) in [5, 5.41) is 0. The standard InChI is InChI=1S/C55H98O6/c1-4-7-10-13-16-19-21-23-25-27-28-29-31-32-34-36-39-42-45-48-54(57)60-51-52(50-59-53(56)47-44-41-38-18-15-12-9-6-3)61-55(58)49-46-43-40-37-35-33-30-26-24-22-20-17-14-11-8-5-2/h16,19,23,25-26,28-30,52H,4-15,17-18,20-22,24,27,31-51H2,1-3H3/b19-16-,25-23-,29-28-,30-26-. The summed E-state index contributed by atoms with van der Waals surface area (Å²) >= 11 is 0. The molecule has 0 aromatic carbocycles. The Kier molecular flexibility index (Phi) is 47.9. The van der Waals surface area contributed by atoms with Gasteiger partial charge in [0.1, 0.15) is 13.2 Å². The average Bonchev–Trinajstić information content (AvgIpc) is 3.26. The first kappa shape index (κ1) is 58.4. The third-order valence-corrected chi connectivity index (χ3v) is 11.3. The van der Waals surface area contributed by atoms with Crippen molar-refractivity contribution in [3.8, 4) is 0 Å². The number of carbonyl (C=O) groups excluding carboxylic acids is 3. The lowest BCUT2D eigenvalue weighted by molar-refractivity contribution is -0.167. The Morgan fingerprint density at radius 2 is 0.590 bits per heavy atom. The monoisotopic (exact) mass is 855 g/mol. The fourth-order valence-corrected chi connectivity index (χ4v) is 7.33. The Hall–Kier alpha value is -2.63. The molecule has 0 saturated carbocycles. The summed E-state index contributed by atoms with van der Waals surface area (Å²) < 4.78 is 16.7. The number of hydrogen-bond acceptors (Lipinski definition) is 6. The van der Waals surface area contributed by atoms with Gasteiger partial charge < -0.3 is 14.2 Å². The van der Waals surface area contributed by atoms with Crippen LogP contribution in [0.25, 0.3) is 0 Å². The zero-order chi connectivity index (χ0) is 44.4. The topological polar surface area (TPSA) is 78.9 Å². The zero-order valence-corrected chi connectivity index (χ0v) is 40.4. The number of unbranched alkanes of at least 4 members (excludes halogenated alkanes) is 28. The molecule has 0 rings (SSSR count). The Morgan fingerprint density at radius 1 is 0.328 bits per heavy atom. The lowest BCUT2D eigenvalue weighted by Crippen LogP contribution is -2.30. The van der Waals surface area contributed by atoms with Gasteiger partial charge in [0, 0.05) is 19.3 Å². The highest BCUT2D eigenvalue weighted by Gasteiger charge is 2.19. The molecule has 0 spiro atoms. The van der Waals surface area contributed by atoms with Crippen molar-refractivity contribution in [3.05, 3.63) is 48.6 Å². The van der Waals surface area contributed by atoms with Crippen molar-refractivity contribution in [1.29, 1.82) is 0 Å². The molecule has 0 aliphatic heterocycles. The van der Waals surface area contributed by atoms with E-state index in [2.05, 4.69) is 69.4 Å². The molecular formula is C55H98O6. The molecule has 1 unspecified atom stereocenters. The molecule has 0 fully saturated rings. The zero-order valence-electron chi connectivity index (χ0n) is 40.4. The minimum atomic E-state index is -0.779. The quantitative estimate of drug-likeness (QED) is 0.0263. The van der Waals surface area contributed by atoms with Crippen molar-refractivity contribution in [2.75, 3.05) is 13.2 Å². The molecule has 61 heavy (non-hydrogen) atoms. The van der Waals surface area contributed by atoms with Crippen LogP contribution in [0.15, 0.2) is 48.6 Å². The van der Waals surface area contributed by atoms with Crippen LogP contribution in [0.1, 0.15) is 265 Å². The second kappa shape index (κ2) is 50.0. The Bertz CT molecular complexity index is 1070. The fourth-order valence-electron chi connectivity index (χ4n) is 7.33. The second-order valence-corrected chi connectivity index (χ2v) is 17.4. The van der Waals surface area contributed by atoms with E-state index in [1.165, 1.54) is 135 Å². The van der Waals surface area contributed by atoms with Gasteiger partial charge in [0.2, 0.25) is 0 Å². The number of hydrogen-bond donors (Lipinski definition) is 0. The molecule has 354 valence electrons. The summed E-state index contributed by atoms with van der Waals surface area (Å²) in [4.78, 5) is 37.9. The van der Waals surface area contributed by atoms with Crippen LogP contribution in [0, 0.1) is 0 Å². The van der Waals surface area contributed by atoms with E-state index in [1.54, 1.807) is 0 Å². The van der Waals surface area contributed by atoms with Crippen LogP contribution in [-0.4, -0.2) is 37.2 Å². The van der Waals surface area contributed by atoms with Crippen LogP contribution in [-0.2, 0) is 28.6 Å². The van der Waals surface area contributed by atoms with Crippen molar-refractivity contribution < 1.29 is 28.6 Å². The molecule has 0 aromatic heterocycles. The van der Waals surface area contributed by atoms with E-state index >= 15 is 0 Å². The average molecular weight is 855 g/mol. The minimum absolute atomic E-state index is 0.0793. The van der Waals surface area contributed by atoms with Crippen molar-refractivity contribution in [2.45, 2.75) is 271 Å². The van der Waals surface area contributed by atoms with Gasteiger partial charge in [0.05, 0.1) is 0 Å². The van der Waals surface area contributed by atoms with E-state index < -0.39 is 6.10 Å². The van der Waals surface area contributed by atoms with Crippen molar-refractivity contribution >= 4 is 17.9 Å². The van der Waals surface area contributed by atoms with Gasteiger partial charge in [-0.15, -0.1) is 0 Å². The lowest BCUT2D eigenvalue weighted by atomic mass is 10.1. The third-order valence-electron chi connectivity index (χ3n) is 11.3. The van der Waals surface area contributed by atoms with Crippen LogP contribution in [0.4, 0.5) is 0 Å². The molecule has 0 N–H and O–H groups in total. The number of rotatable bonds is 47. The van der Waals surface area contributed by atoms with E-state index in [-0.39, 0.29) is 31.1 Å². The van der Waals surface area contributed by atoms with Gasteiger partial charge in [-0.3, -0.25) is 14.4 Å². The summed E-state index contributed by atoms with van der Waals surface area (Å²) in [6.07, 6.45) is 59.6. The summed E-state index contributed by atoms with van der Waals surface area (Å²) in [5.74, 6) is -0.899. The van der Waals surface area contributed by atoms with E-state index in [1.807, 2.05) is 0 Å². The van der Waals surface area contributed by atoms with Gasteiger partial charge in [-0.1, -0.05) is 211 Å². The molecular weight excluding hydrogens is 757 g/mol. The van der Waals surface area contributed by atoms with E-state index in [0.29, 0.717) is 19.3 Å². The van der Waals surface area contributed by atoms with Crippen LogP contribution in [0.3, 0.4) is 0 Å². The molecule has 0 aliphatic rings. The maximum absolute atomic E-state index is 12.8. The first-order chi connectivity index (χ1) is 30.0. The first-order valence-electron chi connectivity index (χ1n) is 26.1. The maximum atomic E-state index is 12.8. The van der Waals surface area contributed by atoms with Crippen LogP contribution >= 0.6 is 0 Å². The molecule has 0 bridgehead atoms. The first-order valence-corrected chi connectivity index (χ1v) is 26.1. The van der Waals surface area contributed by atoms with Crippen LogP contribution in [0.2, 0.25) is 0 Å². The van der Waals surface area contributed by atoms with Gasteiger partial charge in [-0.05, 0) is 83.5 Å². The predicted molar refractivity (Wildman–Crippen MR) is 261 cm³/mol. The van der Waals surface area contributed by atoms with Gasteiger partial charge in [0.15, 0.2) is 6.10 Å². The summed E-state index contributed by atoms with van der Waals surface area (Å²) in [5.41, 5.74) is 0. The maximum Gasteiger partial charge on any atom is 0.306 e. The van der Waals surface area contributed by atoms with Crippen LogP contribution in [0.5, 0.6) is 0 Å². The van der Waals surface area contributed by atoms with Gasteiger partial charge in [-0.25, -0.2) is 0 Å². The van der Waals surface area contributed by atoms with Crippen LogP contribution < -0.4 is 0 Å². The van der Waals surface area contributed by atoms with E-state index in [0.717, 1.165) is 89.9 Å². The van der Waals surface area contributed by atoms with Crippen molar-refractivity contribution in [2.24, 2.45) is 0 Å². The summed E-state index contributed by atoms with van der Waals surface area (Å²) in [6, 6.07) is 0. The molecule has 0 aliphatic carbocycles. The molecule has 6 nitrogen and oxygen atoms in total. The number of esters is 3. The molecule has 0 saturated heterocycles. The highest BCUT2D eigenvalue weighted by atomic mass is 16.6. The molecule has 1 atom stereocenters. The van der Waals surface area contributed by atoms with E-state index in [4.69, 9.17) is 14.2 Å². The SMILES string of the molecule is CCCCC/C=C\C/C=C\C/C=C\CCCCCCCCC(=O)OCC(COC(=O)CCCCCCCCCC)OC(=O)CCCCCCC/C=C\CCCCCCCCC. The Morgan fingerprint density at radius 3 is 0.967 bits per heavy atom. The number of carbonyl (C=O) groups is 3. The highest BCUT2D eigenvalue weighted by molar-refractivity contribution is 5.71. The number of allylic oxidation sites excluding steroid dienone is 8. The largest absolute Gasteiger partial charge is 0.462 e. The molecule has 0 radical (unpaired) electrons. The molecule has 0 heterocycles. The second-order valence-electron chi connectivity index (χ2n) is 17.4. The Balaban J connectivity index is 4.31. The summed E-state index contributed by atoms with van der Waals surface area (Å²) in [7, 11) is 0. The minimum Gasteiger partial charge on any atom is -0.462 e. The lowest BCUT2D eigenvalue weighted by Gasteiger charge is -2.18. The summed E-state index contributed by atoms with van der Waals surface area (Å²) in [6.45, 7) is 6.57. The smallest absolute Gasteiger partial charge is 0.306 e. The van der Waals surface area contributed by atoms with E-state index in [9.17, 15) is 14.4 Å². The normalized spacial score (nSPS) is 12.4. The highest BCUT2D eigenvalue weighted by Crippen LogP contribution is 2.14. The van der Waals surface area contributed by atoms with Crippen molar-refractivity contribution in [3.63, 3.8) is 0 Å². The molecule has 0 aromatic rings. The number of ether oxygens (including phenoxy) is 3. The van der Waals surface area contributed by atoms with Gasteiger partial charge in [-0.2, -0.15) is 0 Å². The third kappa shape index (κ3) is 48.3. The van der Waals surface area contributed by atoms with Crippen molar-refractivity contribution in [1.82, 2.24) is 0 Å².